The average Bonchev–Trinajstić information content (AvgIpc) is 3.31. The molecule has 3 aromatic carbocycles. The van der Waals surface area contributed by atoms with E-state index in [4.69, 9.17) is 14.7 Å². The maximum Gasteiger partial charge on any atom is 0.339 e. The molecule has 2 aromatic heterocycles. The van der Waals surface area contributed by atoms with E-state index in [0.29, 0.717) is 30.8 Å². The Labute approximate surface area is 264 Å². The zero-order valence-electron chi connectivity index (χ0n) is 26.6. The number of carbonyl (C=O) groups is 2. The molecule has 0 atom stereocenters. The van der Waals surface area contributed by atoms with E-state index in [1.807, 2.05) is 92.9 Å². The maximum absolute atomic E-state index is 13.7. The first-order chi connectivity index (χ1) is 21.6. The fourth-order valence-electron chi connectivity index (χ4n) is 5.89. The highest BCUT2D eigenvalue weighted by molar-refractivity contribution is 5.97. The van der Waals surface area contributed by atoms with Gasteiger partial charge in [-0.15, -0.1) is 0 Å². The van der Waals surface area contributed by atoms with Gasteiger partial charge in [-0.3, -0.25) is 4.90 Å². The number of fused-ring (bicyclic) bond motifs is 1. The number of aryl methyl sites for hydroxylation is 2. The third kappa shape index (κ3) is 6.45. The van der Waals surface area contributed by atoms with Crippen LogP contribution in [0.5, 0.6) is 0 Å². The van der Waals surface area contributed by atoms with E-state index in [1.54, 1.807) is 6.07 Å². The summed E-state index contributed by atoms with van der Waals surface area (Å²) in [5.74, 6) is 0.515. The van der Waals surface area contributed by atoms with Gasteiger partial charge in [-0.05, 0) is 75.4 Å². The number of hydrogen-bond donors (Lipinski definition) is 0. The molecule has 0 bridgehead atoms. The molecule has 0 saturated carbocycles. The van der Waals surface area contributed by atoms with Crippen molar-refractivity contribution in [3.05, 3.63) is 113 Å². The number of nitrogens with zero attached hydrogens (tertiary/aromatic N) is 5. The van der Waals surface area contributed by atoms with Crippen LogP contribution >= 0.6 is 0 Å². The Morgan fingerprint density at radius 2 is 1.53 bits per heavy atom. The van der Waals surface area contributed by atoms with Gasteiger partial charge in [0.2, 0.25) is 0 Å². The molecule has 0 N–H and O–H groups in total. The van der Waals surface area contributed by atoms with Gasteiger partial charge in [-0.2, -0.15) is 0 Å². The van der Waals surface area contributed by atoms with Crippen LogP contribution in [0.1, 0.15) is 60.2 Å². The van der Waals surface area contributed by atoms with Gasteiger partial charge in [0.15, 0.2) is 5.65 Å². The van der Waals surface area contributed by atoms with E-state index in [9.17, 15) is 9.59 Å². The highest BCUT2D eigenvalue weighted by Crippen LogP contribution is 2.30. The number of hydrogen-bond acceptors (Lipinski definition) is 5. The Morgan fingerprint density at radius 1 is 0.844 bits per heavy atom. The topological polar surface area (TPSA) is 80.6 Å². The Bertz CT molecular complexity index is 1860. The van der Waals surface area contributed by atoms with Crippen molar-refractivity contribution in [2.24, 2.45) is 0 Å². The van der Waals surface area contributed by atoms with Crippen LogP contribution in [-0.2, 0) is 17.8 Å². The fraction of sp³-hybridized carbons (Fsp3) is 0.297. The molecular weight excluding hydrogens is 562 g/mol. The number of anilines is 1. The number of aromatic nitrogens is 3. The maximum atomic E-state index is 13.7. The van der Waals surface area contributed by atoms with E-state index in [1.165, 1.54) is 0 Å². The molecule has 0 aliphatic carbocycles. The molecule has 0 radical (unpaired) electrons. The normalized spacial score (nSPS) is 13.8. The van der Waals surface area contributed by atoms with Gasteiger partial charge in [0.25, 0.3) is 0 Å². The SMILES string of the molecule is Cc1nc2nc(C)n(Cc3ccc(-c4ccccc4C(=O)OC(C)(C)C)cc3)c2cc1N1CCCN(Cc2ccccc2)C1=O. The number of imidazole rings is 1. The summed E-state index contributed by atoms with van der Waals surface area (Å²) in [5.41, 5.74) is 7.11. The lowest BCUT2D eigenvalue weighted by Gasteiger charge is -2.36. The minimum Gasteiger partial charge on any atom is -0.456 e. The smallest absolute Gasteiger partial charge is 0.339 e. The van der Waals surface area contributed by atoms with Crippen molar-refractivity contribution < 1.29 is 14.3 Å². The summed E-state index contributed by atoms with van der Waals surface area (Å²) in [6, 6.07) is 27.9. The Morgan fingerprint density at radius 3 is 2.27 bits per heavy atom. The van der Waals surface area contributed by atoms with Crippen molar-refractivity contribution in [2.45, 2.75) is 59.7 Å². The number of ether oxygens (including phenoxy) is 1. The second kappa shape index (κ2) is 12.2. The largest absolute Gasteiger partial charge is 0.456 e. The van der Waals surface area contributed by atoms with E-state index in [2.05, 4.69) is 34.9 Å². The first-order valence-electron chi connectivity index (χ1n) is 15.4. The van der Waals surface area contributed by atoms with Gasteiger partial charge in [0.1, 0.15) is 11.4 Å². The van der Waals surface area contributed by atoms with Gasteiger partial charge in [-0.1, -0.05) is 72.8 Å². The van der Waals surface area contributed by atoms with Crippen LogP contribution in [0.4, 0.5) is 10.5 Å². The number of carbonyl (C=O) groups excluding carboxylic acids is 2. The molecule has 8 nitrogen and oxygen atoms in total. The van der Waals surface area contributed by atoms with E-state index in [0.717, 1.165) is 57.9 Å². The molecule has 1 saturated heterocycles. The third-order valence-electron chi connectivity index (χ3n) is 8.07. The summed E-state index contributed by atoms with van der Waals surface area (Å²) in [6.45, 7) is 12.1. The van der Waals surface area contributed by atoms with Crippen molar-refractivity contribution in [3.63, 3.8) is 0 Å². The number of pyridine rings is 1. The van der Waals surface area contributed by atoms with Crippen LogP contribution in [0.2, 0.25) is 0 Å². The van der Waals surface area contributed by atoms with Crippen LogP contribution in [-0.4, -0.2) is 50.1 Å². The Balaban J connectivity index is 1.26. The van der Waals surface area contributed by atoms with Crippen molar-refractivity contribution in [3.8, 4) is 11.1 Å². The number of benzene rings is 3. The molecule has 8 heteroatoms. The molecule has 45 heavy (non-hydrogen) atoms. The summed E-state index contributed by atoms with van der Waals surface area (Å²) in [7, 11) is 0. The summed E-state index contributed by atoms with van der Waals surface area (Å²) < 4.78 is 7.80. The summed E-state index contributed by atoms with van der Waals surface area (Å²) in [5, 5.41) is 0. The van der Waals surface area contributed by atoms with E-state index < -0.39 is 5.60 Å². The number of urea groups is 1. The number of rotatable bonds is 7. The molecule has 6 rings (SSSR count). The van der Waals surface area contributed by atoms with Gasteiger partial charge < -0.3 is 14.2 Å². The van der Waals surface area contributed by atoms with Gasteiger partial charge in [0, 0.05) is 26.2 Å². The first-order valence-corrected chi connectivity index (χ1v) is 15.4. The minimum absolute atomic E-state index is 0.000563. The second-order valence-electron chi connectivity index (χ2n) is 12.6. The zero-order valence-corrected chi connectivity index (χ0v) is 26.6. The van der Waals surface area contributed by atoms with Crippen LogP contribution in [0.15, 0.2) is 84.9 Å². The molecule has 1 aliphatic rings. The highest BCUT2D eigenvalue weighted by atomic mass is 16.6. The molecule has 230 valence electrons. The first kappa shape index (κ1) is 30.1. The average molecular weight is 602 g/mol. The Hall–Kier alpha value is -4.98. The van der Waals surface area contributed by atoms with E-state index in [-0.39, 0.29) is 12.0 Å². The summed E-state index contributed by atoms with van der Waals surface area (Å²) in [4.78, 5) is 39.9. The predicted octanol–water partition coefficient (Wildman–Crippen LogP) is 7.55. The molecule has 0 unspecified atom stereocenters. The van der Waals surface area contributed by atoms with Gasteiger partial charge in [-0.25, -0.2) is 19.6 Å². The van der Waals surface area contributed by atoms with Crippen LogP contribution < -0.4 is 4.90 Å². The quantitative estimate of drug-likeness (QED) is 0.180. The molecular formula is C37H39N5O3. The minimum atomic E-state index is -0.574. The summed E-state index contributed by atoms with van der Waals surface area (Å²) in [6.07, 6.45) is 0.887. The van der Waals surface area contributed by atoms with Crippen LogP contribution in [0.25, 0.3) is 22.3 Å². The third-order valence-corrected chi connectivity index (χ3v) is 8.07. The van der Waals surface area contributed by atoms with Gasteiger partial charge in [0.05, 0.1) is 22.5 Å². The molecule has 2 amide bonds. The van der Waals surface area contributed by atoms with E-state index >= 15 is 0 Å². The van der Waals surface area contributed by atoms with Crippen LogP contribution in [0, 0.1) is 13.8 Å². The van der Waals surface area contributed by atoms with Crippen molar-refractivity contribution in [1.29, 1.82) is 0 Å². The highest BCUT2D eigenvalue weighted by Gasteiger charge is 2.29. The van der Waals surface area contributed by atoms with Crippen molar-refractivity contribution in [1.82, 2.24) is 19.4 Å². The molecule has 1 fully saturated rings. The molecule has 1 aliphatic heterocycles. The number of esters is 1. The number of amides is 2. The lowest BCUT2D eigenvalue weighted by atomic mass is 9.98. The molecule has 3 heterocycles. The molecule has 0 spiro atoms. The fourth-order valence-corrected chi connectivity index (χ4v) is 5.89. The summed E-state index contributed by atoms with van der Waals surface area (Å²) >= 11 is 0. The lowest BCUT2D eigenvalue weighted by molar-refractivity contribution is 0.00704. The van der Waals surface area contributed by atoms with Crippen molar-refractivity contribution >= 4 is 28.9 Å². The predicted molar refractivity (Wildman–Crippen MR) is 177 cm³/mol. The lowest BCUT2D eigenvalue weighted by Crippen LogP contribution is -2.49. The Kier molecular flexibility index (Phi) is 8.14. The van der Waals surface area contributed by atoms with Crippen LogP contribution in [0.3, 0.4) is 0 Å². The standard InChI is InChI=1S/C37H39N5O3/c1-25-32(41-21-11-20-40(36(41)44)23-27-12-7-6-8-13-27)22-33-34(38-25)39-26(2)42(33)24-28-16-18-29(19-17-28)30-14-9-10-15-31(30)35(43)45-37(3,4)5/h6-10,12-19,22H,11,20-21,23-24H2,1-5H3. The zero-order chi connectivity index (χ0) is 31.7. The monoisotopic (exact) mass is 601 g/mol. The van der Waals surface area contributed by atoms with Crippen molar-refractivity contribution in [2.75, 3.05) is 18.0 Å². The van der Waals surface area contributed by atoms with Gasteiger partial charge >= 0.3 is 12.0 Å². The second-order valence-corrected chi connectivity index (χ2v) is 12.6. The molecule has 5 aromatic rings.